The van der Waals surface area contributed by atoms with Gasteiger partial charge in [-0.3, -0.25) is 0 Å². The lowest BCUT2D eigenvalue weighted by molar-refractivity contribution is 0.384. The highest BCUT2D eigenvalue weighted by Crippen LogP contribution is 2.32. The number of sulfonamides is 1. The van der Waals surface area contributed by atoms with Gasteiger partial charge in [0.05, 0.1) is 27.6 Å². The Bertz CT molecular complexity index is 1300. The molecule has 1 aromatic heterocycles. The zero-order chi connectivity index (χ0) is 22.3. The van der Waals surface area contributed by atoms with Crippen molar-refractivity contribution in [3.63, 3.8) is 0 Å². The van der Waals surface area contributed by atoms with Crippen molar-refractivity contribution in [3.8, 4) is 6.07 Å². The molecule has 2 heterocycles. The molecule has 1 saturated carbocycles. The summed E-state index contributed by atoms with van der Waals surface area (Å²) < 4.78 is 27.6. The van der Waals surface area contributed by atoms with E-state index in [0.717, 1.165) is 29.7 Å². The largest absolute Gasteiger partial charge is 0.364 e. The van der Waals surface area contributed by atoms with E-state index in [1.54, 1.807) is 24.3 Å². The second-order valence-corrected chi connectivity index (χ2v) is 10.3. The first kappa shape index (κ1) is 20.7. The third-order valence-electron chi connectivity index (χ3n) is 5.89. The number of nitrogens with zero attached hydrogens (tertiary/aromatic N) is 5. The van der Waals surface area contributed by atoms with Crippen molar-refractivity contribution in [1.82, 2.24) is 14.3 Å². The molecule has 1 aliphatic heterocycles. The number of aryl methyl sites for hydroxylation is 1. The Hall–Kier alpha value is -3.22. The Kier molecular flexibility index (Phi) is 5.19. The number of rotatable bonds is 5. The molecule has 8 nitrogen and oxygen atoms in total. The van der Waals surface area contributed by atoms with Crippen LogP contribution in [0.2, 0.25) is 0 Å². The normalized spacial score (nSPS) is 17.3. The predicted octanol–water partition coefficient (Wildman–Crippen LogP) is 2.90. The maximum atomic E-state index is 13.0. The molecule has 0 atom stereocenters. The van der Waals surface area contributed by atoms with Gasteiger partial charge < -0.3 is 10.2 Å². The van der Waals surface area contributed by atoms with E-state index in [-0.39, 0.29) is 0 Å². The van der Waals surface area contributed by atoms with E-state index >= 15 is 0 Å². The molecule has 3 aromatic rings. The monoisotopic (exact) mass is 448 g/mol. The van der Waals surface area contributed by atoms with Crippen LogP contribution in [-0.4, -0.2) is 54.9 Å². The molecule has 0 unspecified atom stereocenters. The molecule has 164 valence electrons. The summed E-state index contributed by atoms with van der Waals surface area (Å²) in [5.41, 5.74) is 2.96. The summed E-state index contributed by atoms with van der Waals surface area (Å²) in [6, 6.07) is 14.8. The first-order valence-electron chi connectivity index (χ1n) is 10.7. The van der Waals surface area contributed by atoms with Gasteiger partial charge in [0.1, 0.15) is 0 Å². The average Bonchev–Trinajstić information content (AvgIpc) is 3.63. The van der Waals surface area contributed by atoms with Crippen LogP contribution in [0, 0.1) is 18.3 Å². The molecule has 1 aliphatic carbocycles. The van der Waals surface area contributed by atoms with Gasteiger partial charge in [-0.05, 0) is 50.1 Å². The number of hydrogen-bond acceptors (Lipinski definition) is 7. The van der Waals surface area contributed by atoms with Crippen LogP contribution in [0.4, 0.5) is 11.6 Å². The maximum Gasteiger partial charge on any atom is 0.243 e. The summed E-state index contributed by atoms with van der Waals surface area (Å²) in [4.78, 5) is 12.0. The predicted molar refractivity (Wildman–Crippen MR) is 123 cm³/mol. The van der Waals surface area contributed by atoms with Crippen molar-refractivity contribution < 1.29 is 8.42 Å². The van der Waals surface area contributed by atoms with Gasteiger partial charge in [-0.2, -0.15) is 9.57 Å². The number of nitrogens with one attached hydrogen (secondary N) is 1. The van der Waals surface area contributed by atoms with E-state index in [1.807, 2.05) is 25.1 Å². The first-order valence-corrected chi connectivity index (χ1v) is 12.2. The molecule has 2 aliphatic rings. The number of piperazine rings is 1. The molecule has 0 spiro atoms. The first-order chi connectivity index (χ1) is 15.4. The van der Waals surface area contributed by atoms with E-state index in [9.17, 15) is 13.7 Å². The lowest BCUT2D eigenvalue weighted by Gasteiger charge is -2.35. The van der Waals surface area contributed by atoms with Gasteiger partial charge in [0.15, 0.2) is 11.6 Å². The number of hydrogen-bond donors (Lipinski definition) is 1. The highest BCUT2D eigenvalue weighted by atomic mass is 32.2. The highest BCUT2D eigenvalue weighted by Gasteiger charge is 2.31. The van der Waals surface area contributed by atoms with Crippen LogP contribution in [-0.2, 0) is 10.0 Å². The van der Waals surface area contributed by atoms with Gasteiger partial charge in [0.25, 0.3) is 0 Å². The molecule has 9 heteroatoms. The van der Waals surface area contributed by atoms with Crippen LogP contribution < -0.4 is 10.2 Å². The van der Waals surface area contributed by atoms with Crippen LogP contribution in [0.5, 0.6) is 0 Å². The summed E-state index contributed by atoms with van der Waals surface area (Å²) >= 11 is 0. The van der Waals surface area contributed by atoms with Crippen molar-refractivity contribution in [2.24, 2.45) is 0 Å². The van der Waals surface area contributed by atoms with E-state index in [2.05, 4.69) is 16.3 Å². The van der Waals surface area contributed by atoms with E-state index < -0.39 is 10.0 Å². The second-order valence-electron chi connectivity index (χ2n) is 8.33. The molecule has 0 amide bonds. The second kappa shape index (κ2) is 8.04. The van der Waals surface area contributed by atoms with Gasteiger partial charge in [0, 0.05) is 32.2 Å². The number of anilines is 2. The molecular weight excluding hydrogens is 424 g/mol. The standard InChI is InChI=1S/C23H24N6O2S/c1-16-2-7-19(8-3-16)32(30,31)29-12-10-28(11-13-29)23-22(25-18-5-6-18)26-20-9-4-17(15-24)14-21(20)27-23/h2-4,7-9,14,18H,5-6,10-13H2,1H3,(H,25,26). The lowest BCUT2D eigenvalue weighted by atomic mass is 10.2. The minimum absolute atomic E-state index is 0.321. The third kappa shape index (κ3) is 3.99. The number of fused-ring (bicyclic) bond motifs is 1. The third-order valence-corrected chi connectivity index (χ3v) is 7.80. The van der Waals surface area contributed by atoms with Crippen molar-refractivity contribution in [1.29, 1.82) is 5.26 Å². The molecule has 0 radical (unpaired) electrons. The van der Waals surface area contributed by atoms with Crippen molar-refractivity contribution in [3.05, 3.63) is 53.6 Å². The van der Waals surface area contributed by atoms with Crippen molar-refractivity contribution in [2.45, 2.75) is 30.7 Å². The van der Waals surface area contributed by atoms with E-state index in [0.29, 0.717) is 54.0 Å². The number of nitriles is 1. The highest BCUT2D eigenvalue weighted by molar-refractivity contribution is 7.89. The van der Waals surface area contributed by atoms with E-state index in [4.69, 9.17) is 9.97 Å². The van der Waals surface area contributed by atoms with Crippen LogP contribution in [0.3, 0.4) is 0 Å². The maximum absolute atomic E-state index is 13.0. The fourth-order valence-corrected chi connectivity index (χ4v) is 5.27. The summed E-state index contributed by atoms with van der Waals surface area (Å²) in [7, 11) is -3.53. The summed E-state index contributed by atoms with van der Waals surface area (Å²) in [6.45, 7) is 3.71. The zero-order valence-electron chi connectivity index (χ0n) is 17.8. The van der Waals surface area contributed by atoms with Gasteiger partial charge in [-0.25, -0.2) is 18.4 Å². The molecule has 32 heavy (non-hydrogen) atoms. The fourth-order valence-electron chi connectivity index (χ4n) is 3.85. The molecule has 1 N–H and O–H groups in total. The molecule has 2 aromatic carbocycles. The van der Waals surface area contributed by atoms with Gasteiger partial charge in [-0.1, -0.05) is 17.7 Å². The van der Waals surface area contributed by atoms with Gasteiger partial charge >= 0.3 is 0 Å². The smallest absolute Gasteiger partial charge is 0.243 e. The van der Waals surface area contributed by atoms with Gasteiger partial charge in [0.2, 0.25) is 10.0 Å². The summed E-state index contributed by atoms with van der Waals surface area (Å²) in [5.74, 6) is 1.44. The zero-order valence-corrected chi connectivity index (χ0v) is 18.6. The van der Waals surface area contributed by atoms with Crippen molar-refractivity contribution >= 4 is 32.7 Å². The Labute approximate surface area is 187 Å². The molecule has 1 saturated heterocycles. The van der Waals surface area contributed by atoms with Crippen LogP contribution in [0.1, 0.15) is 24.0 Å². The van der Waals surface area contributed by atoms with Gasteiger partial charge in [-0.15, -0.1) is 0 Å². The quantitative estimate of drug-likeness (QED) is 0.640. The number of benzene rings is 2. The Morgan fingerprint density at radius 1 is 1.00 bits per heavy atom. The fraction of sp³-hybridized carbons (Fsp3) is 0.348. The average molecular weight is 449 g/mol. The Morgan fingerprint density at radius 2 is 1.72 bits per heavy atom. The van der Waals surface area contributed by atoms with Crippen LogP contribution in [0.25, 0.3) is 11.0 Å². The topological polar surface area (TPSA) is 102 Å². The molecule has 5 rings (SSSR count). The van der Waals surface area contributed by atoms with Crippen molar-refractivity contribution in [2.75, 3.05) is 36.4 Å². The van der Waals surface area contributed by atoms with E-state index in [1.165, 1.54) is 4.31 Å². The van der Waals surface area contributed by atoms with Crippen LogP contribution in [0.15, 0.2) is 47.4 Å². The minimum atomic E-state index is -3.53. The molecular formula is C23H24N6O2S. The summed E-state index contributed by atoms with van der Waals surface area (Å²) in [5, 5.41) is 12.7. The SMILES string of the molecule is Cc1ccc(S(=O)(=O)N2CCN(c3nc4cc(C#N)ccc4nc3NC3CC3)CC2)cc1. The molecule has 2 fully saturated rings. The van der Waals surface area contributed by atoms with Crippen LogP contribution >= 0.6 is 0 Å². The summed E-state index contributed by atoms with van der Waals surface area (Å²) in [6.07, 6.45) is 2.21. The minimum Gasteiger partial charge on any atom is -0.364 e. The molecule has 0 bridgehead atoms. The Balaban J connectivity index is 1.41. The number of aromatic nitrogens is 2. The Morgan fingerprint density at radius 3 is 2.38 bits per heavy atom. The lowest BCUT2D eigenvalue weighted by Crippen LogP contribution is -2.49.